The molecule has 1 aromatic carbocycles. The quantitative estimate of drug-likeness (QED) is 0.416. The molecular weight excluding hydrogens is 389 g/mol. The second-order valence-electron chi connectivity index (χ2n) is 4.75. The first-order valence-electron chi connectivity index (χ1n) is 7.47. The van der Waals surface area contributed by atoms with Gasteiger partial charge in [-0.25, -0.2) is 0 Å². The van der Waals surface area contributed by atoms with Gasteiger partial charge in [0.05, 0.1) is 6.26 Å². The third kappa shape index (κ3) is 6.98. The molecule has 0 unspecified atom stereocenters. The minimum absolute atomic E-state index is 0. The molecule has 0 saturated carbocycles. The summed E-state index contributed by atoms with van der Waals surface area (Å²) < 4.78 is 5.30. The Morgan fingerprint density at radius 3 is 2.55 bits per heavy atom. The van der Waals surface area contributed by atoms with E-state index in [0.29, 0.717) is 6.54 Å². The Morgan fingerprint density at radius 1 is 1.05 bits per heavy atom. The Morgan fingerprint density at radius 2 is 1.86 bits per heavy atom. The van der Waals surface area contributed by atoms with Gasteiger partial charge in [-0.15, -0.1) is 24.0 Å². The van der Waals surface area contributed by atoms with Crippen LogP contribution < -0.4 is 10.6 Å². The summed E-state index contributed by atoms with van der Waals surface area (Å²) >= 11 is 0. The summed E-state index contributed by atoms with van der Waals surface area (Å²) in [6.07, 6.45) is 3.51. The van der Waals surface area contributed by atoms with E-state index in [0.717, 1.165) is 37.7 Å². The van der Waals surface area contributed by atoms with Crippen LogP contribution in [0.1, 0.15) is 18.2 Å². The molecule has 0 atom stereocenters. The number of benzene rings is 1. The van der Waals surface area contributed by atoms with Crippen LogP contribution in [0, 0.1) is 0 Å². The lowest BCUT2D eigenvalue weighted by Crippen LogP contribution is -2.38. The molecule has 2 N–H and O–H groups in total. The van der Waals surface area contributed by atoms with Crippen LogP contribution in [0.3, 0.4) is 0 Å². The molecule has 0 saturated heterocycles. The summed E-state index contributed by atoms with van der Waals surface area (Å²) in [4.78, 5) is 4.55. The first kappa shape index (κ1) is 18.5. The molecule has 4 nitrogen and oxygen atoms in total. The summed E-state index contributed by atoms with van der Waals surface area (Å²) in [5, 5.41) is 6.61. The fraction of sp³-hybridized carbons (Fsp3) is 0.353. The number of halogens is 1. The van der Waals surface area contributed by atoms with Gasteiger partial charge in [-0.3, -0.25) is 4.99 Å². The highest BCUT2D eigenvalue weighted by atomic mass is 127. The number of hydrogen-bond acceptors (Lipinski definition) is 2. The Labute approximate surface area is 149 Å². The smallest absolute Gasteiger partial charge is 0.191 e. The van der Waals surface area contributed by atoms with Crippen LogP contribution in [-0.2, 0) is 12.8 Å². The molecule has 22 heavy (non-hydrogen) atoms. The van der Waals surface area contributed by atoms with E-state index in [2.05, 4.69) is 46.8 Å². The fourth-order valence-corrected chi connectivity index (χ4v) is 2.04. The Bertz CT molecular complexity index is 526. The SMILES string of the molecule is CCNC(=NCCc1ccco1)NCCc1ccccc1.I. The van der Waals surface area contributed by atoms with Crippen molar-refractivity contribution in [3.63, 3.8) is 0 Å². The van der Waals surface area contributed by atoms with Crippen LogP contribution in [0.25, 0.3) is 0 Å². The van der Waals surface area contributed by atoms with Gasteiger partial charge in [0.1, 0.15) is 5.76 Å². The maximum atomic E-state index is 5.30. The van der Waals surface area contributed by atoms with Crippen LogP contribution in [0.15, 0.2) is 58.1 Å². The maximum Gasteiger partial charge on any atom is 0.191 e. The lowest BCUT2D eigenvalue weighted by atomic mass is 10.1. The molecule has 1 aromatic heterocycles. The van der Waals surface area contributed by atoms with Crippen LogP contribution in [0.4, 0.5) is 0 Å². The summed E-state index contributed by atoms with van der Waals surface area (Å²) in [7, 11) is 0. The normalized spacial score (nSPS) is 10.9. The highest BCUT2D eigenvalue weighted by molar-refractivity contribution is 14.0. The molecule has 0 aliphatic heterocycles. The van der Waals surface area contributed by atoms with E-state index in [4.69, 9.17) is 4.42 Å². The molecule has 0 spiro atoms. The highest BCUT2D eigenvalue weighted by Gasteiger charge is 1.99. The fourth-order valence-electron chi connectivity index (χ4n) is 2.04. The molecule has 0 bridgehead atoms. The average Bonchev–Trinajstić information content (AvgIpc) is 3.02. The van der Waals surface area contributed by atoms with Crippen LogP contribution >= 0.6 is 24.0 Å². The summed E-state index contributed by atoms with van der Waals surface area (Å²) in [6.45, 7) is 4.52. The second kappa shape index (κ2) is 11.1. The van der Waals surface area contributed by atoms with E-state index >= 15 is 0 Å². The van der Waals surface area contributed by atoms with Crippen molar-refractivity contribution in [3.05, 3.63) is 60.1 Å². The third-order valence-corrected chi connectivity index (χ3v) is 3.10. The van der Waals surface area contributed by atoms with Crippen molar-refractivity contribution in [2.45, 2.75) is 19.8 Å². The van der Waals surface area contributed by atoms with E-state index in [1.807, 2.05) is 18.2 Å². The zero-order valence-corrected chi connectivity index (χ0v) is 15.2. The van der Waals surface area contributed by atoms with E-state index in [9.17, 15) is 0 Å². The molecule has 2 rings (SSSR count). The van der Waals surface area contributed by atoms with Crippen molar-refractivity contribution < 1.29 is 4.42 Å². The molecular formula is C17H24IN3O. The predicted octanol–water partition coefficient (Wildman–Crippen LogP) is 3.24. The molecule has 0 fully saturated rings. The molecule has 120 valence electrons. The molecule has 5 heteroatoms. The number of furan rings is 1. The van der Waals surface area contributed by atoms with Gasteiger partial charge in [0.15, 0.2) is 5.96 Å². The van der Waals surface area contributed by atoms with Gasteiger partial charge in [0.2, 0.25) is 0 Å². The molecule has 0 radical (unpaired) electrons. The lowest BCUT2D eigenvalue weighted by molar-refractivity contribution is 0.510. The Balaban J connectivity index is 0.00000242. The first-order valence-corrected chi connectivity index (χ1v) is 7.47. The second-order valence-corrected chi connectivity index (χ2v) is 4.75. The highest BCUT2D eigenvalue weighted by Crippen LogP contribution is 2.01. The van der Waals surface area contributed by atoms with Gasteiger partial charge >= 0.3 is 0 Å². The van der Waals surface area contributed by atoms with Gasteiger partial charge in [0.25, 0.3) is 0 Å². The maximum absolute atomic E-state index is 5.30. The number of guanidine groups is 1. The van der Waals surface area contributed by atoms with Crippen LogP contribution in [0.5, 0.6) is 0 Å². The van der Waals surface area contributed by atoms with Gasteiger partial charge in [-0.05, 0) is 31.0 Å². The number of hydrogen-bond donors (Lipinski definition) is 2. The standard InChI is InChI=1S/C17H23N3O.HI/c1-2-18-17(20-13-11-16-9-6-14-21-16)19-12-10-15-7-4-3-5-8-15;/h3-9,14H,2,10-13H2,1H3,(H2,18,19,20);1H. The lowest BCUT2D eigenvalue weighted by Gasteiger charge is -2.11. The zero-order chi connectivity index (χ0) is 14.8. The Kier molecular flexibility index (Phi) is 9.37. The number of aliphatic imine (C=N–C) groups is 1. The molecule has 0 amide bonds. The van der Waals surface area contributed by atoms with Crippen LogP contribution in [-0.4, -0.2) is 25.6 Å². The molecule has 1 heterocycles. The van der Waals surface area contributed by atoms with Crippen molar-refractivity contribution in [2.75, 3.05) is 19.6 Å². The molecule has 0 aliphatic carbocycles. The van der Waals surface area contributed by atoms with Gasteiger partial charge in [-0.1, -0.05) is 30.3 Å². The van der Waals surface area contributed by atoms with E-state index < -0.39 is 0 Å². The van der Waals surface area contributed by atoms with Gasteiger partial charge < -0.3 is 15.1 Å². The van der Waals surface area contributed by atoms with Crippen molar-refractivity contribution >= 4 is 29.9 Å². The largest absolute Gasteiger partial charge is 0.469 e. The number of nitrogens with zero attached hydrogens (tertiary/aromatic N) is 1. The monoisotopic (exact) mass is 413 g/mol. The van der Waals surface area contributed by atoms with E-state index in [1.54, 1.807) is 6.26 Å². The van der Waals surface area contributed by atoms with Gasteiger partial charge in [-0.2, -0.15) is 0 Å². The topological polar surface area (TPSA) is 49.6 Å². The number of rotatable bonds is 7. The summed E-state index contributed by atoms with van der Waals surface area (Å²) in [5.41, 5.74) is 1.33. The van der Waals surface area contributed by atoms with E-state index in [1.165, 1.54) is 5.56 Å². The number of nitrogens with one attached hydrogen (secondary N) is 2. The summed E-state index contributed by atoms with van der Waals surface area (Å²) in [6, 6.07) is 14.3. The molecule has 0 aliphatic rings. The zero-order valence-electron chi connectivity index (χ0n) is 12.9. The van der Waals surface area contributed by atoms with Crippen molar-refractivity contribution in [1.82, 2.24) is 10.6 Å². The van der Waals surface area contributed by atoms with Crippen molar-refractivity contribution in [3.8, 4) is 0 Å². The first-order chi connectivity index (χ1) is 10.4. The van der Waals surface area contributed by atoms with E-state index in [-0.39, 0.29) is 24.0 Å². The summed E-state index contributed by atoms with van der Waals surface area (Å²) in [5.74, 6) is 1.83. The minimum Gasteiger partial charge on any atom is -0.469 e. The average molecular weight is 413 g/mol. The van der Waals surface area contributed by atoms with Gasteiger partial charge in [0, 0.05) is 26.1 Å². The van der Waals surface area contributed by atoms with Crippen molar-refractivity contribution in [2.24, 2.45) is 4.99 Å². The predicted molar refractivity (Wildman–Crippen MR) is 102 cm³/mol. The van der Waals surface area contributed by atoms with Crippen molar-refractivity contribution in [1.29, 1.82) is 0 Å². The Hall–Kier alpha value is -1.50. The third-order valence-electron chi connectivity index (χ3n) is 3.10. The minimum atomic E-state index is 0. The van der Waals surface area contributed by atoms with Crippen LogP contribution in [0.2, 0.25) is 0 Å². The molecule has 2 aromatic rings.